The van der Waals surface area contributed by atoms with Gasteiger partial charge in [0.05, 0.1) is 25.9 Å². The van der Waals surface area contributed by atoms with E-state index in [1.807, 2.05) is 7.05 Å². The van der Waals surface area contributed by atoms with E-state index in [4.69, 9.17) is 14.2 Å². The largest absolute Gasteiger partial charge is 0.379 e. The van der Waals surface area contributed by atoms with Crippen LogP contribution in [0, 0.1) is 0 Å². The van der Waals surface area contributed by atoms with Crippen molar-refractivity contribution < 1.29 is 14.2 Å². The lowest BCUT2D eigenvalue weighted by molar-refractivity contribution is -0.0800. The maximum Gasteiger partial charge on any atom is 0.0962 e. The predicted octanol–water partition coefficient (Wildman–Crippen LogP) is 1.20. The Bertz CT molecular complexity index is 166. The Morgan fingerprint density at radius 1 is 1.31 bits per heavy atom. The summed E-state index contributed by atoms with van der Waals surface area (Å²) in [6.07, 6.45) is 3.51. The highest BCUT2D eigenvalue weighted by Gasteiger charge is 2.24. The molecule has 1 fully saturated rings. The van der Waals surface area contributed by atoms with Gasteiger partial charge in [-0.2, -0.15) is 0 Å². The lowest BCUT2D eigenvalue weighted by Gasteiger charge is -2.31. The van der Waals surface area contributed by atoms with Gasteiger partial charge in [0, 0.05) is 19.3 Å². The minimum absolute atomic E-state index is 0.175. The van der Waals surface area contributed by atoms with E-state index in [-0.39, 0.29) is 6.10 Å². The topological polar surface area (TPSA) is 39.7 Å². The molecule has 0 spiro atoms. The molecule has 1 N–H and O–H groups in total. The summed E-state index contributed by atoms with van der Waals surface area (Å²) in [4.78, 5) is 0. The van der Waals surface area contributed by atoms with Crippen LogP contribution in [-0.2, 0) is 14.2 Å². The number of likely N-dealkylation sites (N-methyl/N-ethyl adjacent to an activating group) is 1. The van der Waals surface area contributed by atoms with E-state index in [2.05, 4.69) is 12.2 Å². The van der Waals surface area contributed by atoms with Crippen molar-refractivity contribution in [1.29, 1.82) is 0 Å². The lowest BCUT2D eigenvalue weighted by atomic mass is 10.1. The van der Waals surface area contributed by atoms with Crippen LogP contribution in [0.4, 0.5) is 0 Å². The summed E-state index contributed by atoms with van der Waals surface area (Å²) in [6.45, 7) is 5.88. The molecule has 1 aliphatic heterocycles. The molecule has 16 heavy (non-hydrogen) atoms. The average molecular weight is 231 g/mol. The van der Waals surface area contributed by atoms with Crippen LogP contribution in [0.15, 0.2) is 0 Å². The van der Waals surface area contributed by atoms with Crippen molar-refractivity contribution in [3.05, 3.63) is 0 Å². The third kappa shape index (κ3) is 5.25. The normalized spacial score (nSPS) is 25.9. The first kappa shape index (κ1) is 13.9. The Balaban J connectivity index is 2.02. The Morgan fingerprint density at radius 3 is 2.94 bits per heavy atom. The summed E-state index contributed by atoms with van der Waals surface area (Å²) < 4.78 is 16.6. The molecule has 2 unspecified atom stereocenters. The van der Waals surface area contributed by atoms with Crippen LogP contribution < -0.4 is 5.32 Å². The summed E-state index contributed by atoms with van der Waals surface area (Å²) in [5.41, 5.74) is 0. The highest BCUT2D eigenvalue weighted by atomic mass is 16.6. The van der Waals surface area contributed by atoms with Crippen molar-refractivity contribution in [2.75, 3.05) is 40.1 Å². The maximum absolute atomic E-state index is 5.75. The van der Waals surface area contributed by atoms with E-state index in [0.717, 1.165) is 26.1 Å². The second-order valence-corrected chi connectivity index (χ2v) is 4.13. The summed E-state index contributed by atoms with van der Waals surface area (Å²) >= 11 is 0. The molecule has 0 aromatic heterocycles. The van der Waals surface area contributed by atoms with E-state index >= 15 is 0 Å². The highest BCUT2D eigenvalue weighted by Crippen LogP contribution is 2.10. The maximum atomic E-state index is 5.75. The molecule has 0 bridgehead atoms. The Kier molecular flexibility index (Phi) is 7.76. The second kappa shape index (κ2) is 8.93. The monoisotopic (exact) mass is 231 g/mol. The summed E-state index contributed by atoms with van der Waals surface area (Å²) in [6, 6.07) is 0.421. The molecule has 2 atom stereocenters. The van der Waals surface area contributed by atoms with Gasteiger partial charge in [-0.25, -0.2) is 0 Å². The second-order valence-electron chi connectivity index (χ2n) is 4.13. The van der Waals surface area contributed by atoms with Crippen molar-refractivity contribution >= 4 is 0 Å². The van der Waals surface area contributed by atoms with Gasteiger partial charge < -0.3 is 19.5 Å². The minimum atomic E-state index is 0.175. The number of hydrogen-bond acceptors (Lipinski definition) is 4. The summed E-state index contributed by atoms with van der Waals surface area (Å²) in [5.74, 6) is 0. The van der Waals surface area contributed by atoms with Crippen LogP contribution in [0.2, 0.25) is 0 Å². The Hall–Kier alpha value is -0.160. The molecule has 0 aromatic rings. The molecule has 1 heterocycles. The smallest absolute Gasteiger partial charge is 0.0962 e. The molecule has 0 aliphatic carbocycles. The van der Waals surface area contributed by atoms with Crippen molar-refractivity contribution in [3.63, 3.8) is 0 Å². The van der Waals surface area contributed by atoms with Gasteiger partial charge in [-0.1, -0.05) is 13.3 Å². The number of ether oxygens (including phenoxy) is 3. The van der Waals surface area contributed by atoms with E-state index in [9.17, 15) is 0 Å². The fourth-order valence-corrected chi connectivity index (χ4v) is 1.81. The predicted molar refractivity (Wildman–Crippen MR) is 63.8 cm³/mol. The summed E-state index contributed by atoms with van der Waals surface area (Å²) in [5, 5.41) is 3.27. The molecule has 1 aliphatic rings. The highest BCUT2D eigenvalue weighted by molar-refractivity contribution is 4.78. The Morgan fingerprint density at radius 2 is 2.19 bits per heavy atom. The zero-order valence-electron chi connectivity index (χ0n) is 10.5. The van der Waals surface area contributed by atoms with E-state index in [0.29, 0.717) is 25.9 Å². The molecule has 1 saturated heterocycles. The van der Waals surface area contributed by atoms with Gasteiger partial charge in [-0.05, 0) is 19.9 Å². The fraction of sp³-hybridized carbons (Fsp3) is 1.00. The van der Waals surface area contributed by atoms with Gasteiger partial charge in [0.2, 0.25) is 0 Å². The van der Waals surface area contributed by atoms with Crippen LogP contribution in [0.25, 0.3) is 0 Å². The molecular weight excluding hydrogens is 206 g/mol. The third-order valence-electron chi connectivity index (χ3n) is 2.88. The molecule has 96 valence electrons. The molecule has 1 rings (SSSR count). The van der Waals surface area contributed by atoms with Gasteiger partial charge in [-0.15, -0.1) is 0 Å². The van der Waals surface area contributed by atoms with E-state index < -0.39 is 0 Å². The number of unbranched alkanes of at least 4 members (excludes halogenated alkanes) is 1. The number of rotatable bonds is 8. The van der Waals surface area contributed by atoms with E-state index in [1.54, 1.807) is 0 Å². The number of nitrogens with one attached hydrogen (secondary N) is 1. The van der Waals surface area contributed by atoms with Gasteiger partial charge in [-0.3, -0.25) is 0 Å². The molecule has 0 amide bonds. The SMILES string of the molecule is CCCCOCCOC1COCCC1NC. The van der Waals surface area contributed by atoms with Gasteiger partial charge in [0.15, 0.2) is 0 Å². The number of hydrogen-bond donors (Lipinski definition) is 1. The van der Waals surface area contributed by atoms with Crippen LogP contribution in [0.3, 0.4) is 0 Å². The van der Waals surface area contributed by atoms with Crippen molar-refractivity contribution in [2.45, 2.75) is 38.3 Å². The van der Waals surface area contributed by atoms with E-state index in [1.165, 1.54) is 6.42 Å². The van der Waals surface area contributed by atoms with Crippen molar-refractivity contribution in [3.8, 4) is 0 Å². The summed E-state index contributed by atoms with van der Waals surface area (Å²) in [7, 11) is 1.98. The zero-order chi connectivity index (χ0) is 11.6. The lowest BCUT2D eigenvalue weighted by Crippen LogP contribution is -2.46. The third-order valence-corrected chi connectivity index (χ3v) is 2.88. The molecule has 0 saturated carbocycles. The van der Waals surface area contributed by atoms with Crippen LogP contribution >= 0.6 is 0 Å². The van der Waals surface area contributed by atoms with Crippen molar-refractivity contribution in [1.82, 2.24) is 5.32 Å². The fourth-order valence-electron chi connectivity index (χ4n) is 1.81. The van der Waals surface area contributed by atoms with Gasteiger partial charge >= 0.3 is 0 Å². The molecule has 0 radical (unpaired) electrons. The molecule has 4 nitrogen and oxygen atoms in total. The molecule has 0 aromatic carbocycles. The molecular formula is C12H25NO3. The Labute approximate surface area is 98.6 Å². The van der Waals surface area contributed by atoms with Crippen LogP contribution in [0.5, 0.6) is 0 Å². The molecule has 4 heteroatoms. The average Bonchev–Trinajstić information content (AvgIpc) is 2.34. The first-order chi connectivity index (χ1) is 7.88. The van der Waals surface area contributed by atoms with Crippen LogP contribution in [0.1, 0.15) is 26.2 Å². The minimum Gasteiger partial charge on any atom is -0.379 e. The standard InChI is InChI=1S/C12H25NO3/c1-3-4-6-14-8-9-16-12-10-15-7-5-11(12)13-2/h11-13H,3-10H2,1-2H3. The quantitative estimate of drug-likeness (QED) is 0.637. The van der Waals surface area contributed by atoms with Gasteiger partial charge in [0.25, 0.3) is 0 Å². The first-order valence-electron chi connectivity index (χ1n) is 6.32. The van der Waals surface area contributed by atoms with Crippen LogP contribution in [-0.4, -0.2) is 52.2 Å². The van der Waals surface area contributed by atoms with Crippen molar-refractivity contribution in [2.24, 2.45) is 0 Å². The van der Waals surface area contributed by atoms with Gasteiger partial charge in [0.1, 0.15) is 0 Å². The first-order valence-corrected chi connectivity index (χ1v) is 6.32. The zero-order valence-corrected chi connectivity index (χ0v) is 10.5.